The minimum atomic E-state index is 0.589. The number of anilines is 1. The zero-order valence-electron chi connectivity index (χ0n) is 16.8. The van der Waals surface area contributed by atoms with Gasteiger partial charge < -0.3 is 10.1 Å². The Morgan fingerprint density at radius 3 is 1.97 bits per heavy atom. The van der Waals surface area contributed by atoms with Crippen LogP contribution in [0.4, 0.5) is 5.69 Å². The third-order valence-corrected chi connectivity index (χ3v) is 3.36. The van der Waals surface area contributed by atoms with Crippen LogP contribution in [0.15, 0.2) is 72.9 Å². The average Bonchev–Trinajstić information content (AvgIpc) is 2.79. The van der Waals surface area contributed by atoms with E-state index >= 15 is 0 Å². The second-order valence-electron chi connectivity index (χ2n) is 5.61. The van der Waals surface area contributed by atoms with Crippen LogP contribution in [0.2, 0.25) is 0 Å². The lowest BCUT2D eigenvalue weighted by atomic mass is 10.2. The minimum absolute atomic E-state index is 0.589. The Balaban J connectivity index is 0.000000277. The van der Waals surface area contributed by atoms with E-state index in [4.69, 9.17) is 0 Å². The third kappa shape index (κ3) is 9.66. The molecule has 0 saturated heterocycles. The molecule has 0 bridgehead atoms. The van der Waals surface area contributed by atoms with E-state index in [1.807, 2.05) is 49.5 Å². The molecule has 0 spiro atoms. The largest absolute Gasteiger partial charge is 0.388 e. The number of nitrogens with zero attached hydrogens (tertiary/aromatic N) is 1. The summed E-state index contributed by atoms with van der Waals surface area (Å²) in [5.41, 5.74) is 4.01. The van der Waals surface area contributed by atoms with E-state index < -0.39 is 0 Å². The molecule has 3 aromatic rings. The first-order valence-corrected chi connectivity index (χ1v) is 8.78. The Bertz CT molecular complexity index is 901. The summed E-state index contributed by atoms with van der Waals surface area (Å²) < 4.78 is 4.25. The van der Waals surface area contributed by atoms with Crippen LogP contribution in [-0.4, -0.2) is 38.8 Å². The van der Waals surface area contributed by atoms with Crippen molar-refractivity contribution < 1.29 is 14.3 Å². The molecule has 1 aromatic heterocycles. The summed E-state index contributed by atoms with van der Waals surface area (Å²) >= 11 is 0. The monoisotopic (exact) mass is 388 g/mol. The van der Waals surface area contributed by atoms with Crippen molar-refractivity contribution in [2.24, 2.45) is 0 Å². The Labute approximate surface area is 171 Å². The van der Waals surface area contributed by atoms with Crippen LogP contribution in [-0.2, 0) is 4.74 Å². The van der Waals surface area contributed by atoms with Crippen LogP contribution in [0.5, 0.6) is 0 Å². The van der Waals surface area contributed by atoms with E-state index in [0.29, 0.717) is 11.1 Å². The molecule has 3 rings (SSSR count). The molecule has 0 amide bonds. The predicted molar refractivity (Wildman–Crippen MR) is 116 cm³/mol. The summed E-state index contributed by atoms with van der Waals surface area (Å²) in [6.07, 6.45) is 3.23. The quantitative estimate of drug-likeness (QED) is 0.540. The number of benzene rings is 2. The normalized spacial score (nSPS) is 8.66. The van der Waals surface area contributed by atoms with Crippen LogP contribution < -0.4 is 5.32 Å². The zero-order chi connectivity index (χ0) is 21.3. The predicted octanol–water partition coefficient (Wildman–Crippen LogP) is 4.10. The summed E-state index contributed by atoms with van der Waals surface area (Å²) in [5, 5.41) is 3.08. The number of carbonyl (C=O) groups excluding carboxylic acids is 2. The zero-order valence-corrected chi connectivity index (χ0v) is 16.8. The van der Waals surface area contributed by atoms with Crippen LogP contribution >= 0.6 is 0 Å². The van der Waals surface area contributed by atoms with E-state index in [1.54, 1.807) is 44.7 Å². The first-order chi connectivity index (χ1) is 14.2. The van der Waals surface area contributed by atoms with Gasteiger partial charge in [-0.25, -0.2) is 4.98 Å². The number of hydrogen-bond donors (Lipinski definition) is 1. The van der Waals surface area contributed by atoms with Gasteiger partial charge in [0.15, 0.2) is 0 Å². The lowest BCUT2D eigenvalue weighted by Gasteiger charge is -1.98. The standard InChI is InChI=1S/C14H12N2.C8H6O2.C2H6O/c1-15-14-7-4-5-12(11-14)8-9-13-6-2-3-10-16-13;9-5-7-1-2-8(6-10)4-3-7;1-3-2/h2-7,10-11,15H,1H3;1-6H;1-2H3. The number of ether oxygens (including phenoxy) is 1. The van der Waals surface area contributed by atoms with Gasteiger partial charge in [-0.3, -0.25) is 9.59 Å². The summed E-state index contributed by atoms with van der Waals surface area (Å²) in [6.45, 7) is 0. The van der Waals surface area contributed by atoms with Crippen LogP contribution in [0.3, 0.4) is 0 Å². The first-order valence-electron chi connectivity index (χ1n) is 8.78. The number of hydrogen-bond acceptors (Lipinski definition) is 5. The van der Waals surface area contributed by atoms with Gasteiger partial charge in [0, 0.05) is 49.8 Å². The minimum Gasteiger partial charge on any atom is -0.388 e. The van der Waals surface area contributed by atoms with Crippen molar-refractivity contribution in [3.8, 4) is 11.8 Å². The second-order valence-corrected chi connectivity index (χ2v) is 5.61. The highest BCUT2D eigenvalue weighted by atomic mass is 16.4. The first kappa shape index (κ1) is 23.3. The molecule has 0 aliphatic heterocycles. The Morgan fingerprint density at radius 1 is 0.862 bits per heavy atom. The Morgan fingerprint density at radius 2 is 1.48 bits per heavy atom. The molecule has 1 N–H and O–H groups in total. The summed E-state index contributed by atoms with van der Waals surface area (Å²) in [4.78, 5) is 24.4. The molecular weight excluding hydrogens is 364 g/mol. The Hall–Kier alpha value is -3.75. The molecule has 29 heavy (non-hydrogen) atoms. The van der Waals surface area contributed by atoms with Gasteiger partial charge in [0.1, 0.15) is 18.3 Å². The van der Waals surface area contributed by atoms with Crippen molar-refractivity contribution in [1.29, 1.82) is 0 Å². The van der Waals surface area contributed by atoms with Gasteiger partial charge in [0.05, 0.1) is 0 Å². The molecule has 2 aromatic carbocycles. The van der Waals surface area contributed by atoms with Gasteiger partial charge in [-0.1, -0.05) is 42.3 Å². The number of aldehydes is 2. The van der Waals surface area contributed by atoms with E-state index in [2.05, 4.69) is 26.9 Å². The van der Waals surface area contributed by atoms with Crippen LogP contribution in [0.1, 0.15) is 32.0 Å². The third-order valence-electron chi connectivity index (χ3n) is 3.36. The lowest BCUT2D eigenvalue weighted by Crippen LogP contribution is -1.87. The van der Waals surface area contributed by atoms with Crippen molar-refractivity contribution in [2.75, 3.05) is 26.6 Å². The molecule has 1 heterocycles. The van der Waals surface area contributed by atoms with Gasteiger partial charge in [-0.2, -0.15) is 0 Å². The smallest absolute Gasteiger partial charge is 0.150 e. The molecule has 0 unspecified atom stereocenters. The molecule has 0 saturated carbocycles. The van der Waals surface area contributed by atoms with Gasteiger partial charge in [-0.15, -0.1) is 0 Å². The topological polar surface area (TPSA) is 68.3 Å². The molecule has 0 fully saturated rings. The van der Waals surface area contributed by atoms with Gasteiger partial charge in [-0.05, 0) is 36.3 Å². The number of nitrogens with one attached hydrogen (secondary N) is 1. The number of methoxy groups -OCH3 is 1. The molecule has 5 heteroatoms. The van der Waals surface area contributed by atoms with E-state index in [1.165, 1.54) is 0 Å². The van der Waals surface area contributed by atoms with Gasteiger partial charge in [0.2, 0.25) is 0 Å². The van der Waals surface area contributed by atoms with Crippen molar-refractivity contribution in [3.05, 3.63) is 95.3 Å². The maximum atomic E-state index is 10.1. The van der Waals surface area contributed by atoms with E-state index in [-0.39, 0.29) is 0 Å². The molecule has 148 valence electrons. The summed E-state index contributed by atoms with van der Waals surface area (Å²) in [5.74, 6) is 6.11. The van der Waals surface area contributed by atoms with Gasteiger partial charge in [0.25, 0.3) is 0 Å². The van der Waals surface area contributed by atoms with Crippen molar-refractivity contribution >= 4 is 18.3 Å². The highest BCUT2D eigenvalue weighted by Crippen LogP contribution is 2.08. The SMILES string of the molecule is CNc1cccc(C#Cc2ccccn2)c1.COC.O=Cc1ccc(C=O)cc1. The maximum Gasteiger partial charge on any atom is 0.150 e. The molecule has 0 atom stereocenters. The van der Waals surface area contributed by atoms with E-state index in [9.17, 15) is 9.59 Å². The maximum absolute atomic E-state index is 10.1. The molecule has 0 aliphatic rings. The number of aromatic nitrogens is 1. The lowest BCUT2D eigenvalue weighted by molar-refractivity contribution is 0.111. The highest BCUT2D eigenvalue weighted by Gasteiger charge is 1.90. The highest BCUT2D eigenvalue weighted by molar-refractivity contribution is 5.79. The average molecular weight is 388 g/mol. The molecule has 5 nitrogen and oxygen atoms in total. The van der Waals surface area contributed by atoms with Crippen LogP contribution in [0.25, 0.3) is 0 Å². The molecular formula is C24H24N2O3. The fourth-order valence-electron chi connectivity index (χ4n) is 1.98. The van der Waals surface area contributed by atoms with Crippen molar-refractivity contribution in [2.45, 2.75) is 0 Å². The van der Waals surface area contributed by atoms with E-state index in [0.717, 1.165) is 29.5 Å². The second kappa shape index (κ2) is 14.3. The fourth-order valence-corrected chi connectivity index (χ4v) is 1.98. The van der Waals surface area contributed by atoms with Crippen LogP contribution in [0, 0.1) is 11.8 Å². The summed E-state index contributed by atoms with van der Waals surface area (Å²) in [6, 6.07) is 20.1. The number of rotatable bonds is 3. The number of pyridine rings is 1. The van der Waals surface area contributed by atoms with Gasteiger partial charge >= 0.3 is 0 Å². The van der Waals surface area contributed by atoms with Crippen molar-refractivity contribution in [1.82, 2.24) is 4.98 Å². The number of carbonyl (C=O) groups is 2. The fraction of sp³-hybridized carbons (Fsp3) is 0.125. The molecule has 0 aliphatic carbocycles. The summed E-state index contributed by atoms with van der Waals surface area (Å²) in [7, 11) is 5.14. The van der Waals surface area contributed by atoms with Crippen molar-refractivity contribution in [3.63, 3.8) is 0 Å². The molecule has 0 radical (unpaired) electrons. The Kier molecular flexibility index (Phi) is 11.5.